The topological polar surface area (TPSA) is 103 Å². The highest BCUT2D eigenvalue weighted by Crippen LogP contribution is 2.23. The lowest BCUT2D eigenvalue weighted by molar-refractivity contribution is -0.127. The van der Waals surface area contributed by atoms with Crippen molar-refractivity contribution in [1.29, 1.82) is 0 Å². The molecular formula is C16H22N4O4S. The van der Waals surface area contributed by atoms with Crippen molar-refractivity contribution in [2.24, 2.45) is 5.92 Å². The van der Waals surface area contributed by atoms with Crippen LogP contribution in [0.25, 0.3) is 11.0 Å². The SMILES string of the molecule is CC1CCC(NC(=O)COn2nnc3ccc(S(C)(=O)=O)cc32)CC1. The Bertz CT molecular complexity index is 869. The lowest BCUT2D eigenvalue weighted by Crippen LogP contribution is -2.41. The Hall–Kier alpha value is -2.16. The van der Waals surface area contributed by atoms with Crippen LogP contribution in [-0.4, -0.2) is 48.4 Å². The quantitative estimate of drug-likeness (QED) is 0.845. The van der Waals surface area contributed by atoms with E-state index in [9.17, 15) is 13.2 Å². The molecule has 0 bridgehead atoms. The zero-order valence-corrected chi connectivity index (χ0v) is 15.1. The molecule has 136 valence electrons. The summed E-state index contributed by atoms with van der Waals surface area (Å²) in [4.78, 5) is 18.7. The molecule has 9 heteroatoms. The third-order valence-corrected chi connectivity index (χ3v) is 5.62. The van der Waals surface area contributed by atoms with Crippen molar-refractivity contribution in [3.63, 3.8) is 0 Å². The number of amides is 1. The highest BCUT2D eigenvalue weighted by molar-refractivity contribution is 7.90. The van der Waals surface area contributed by atoms with Crippen molar-refractivity contribution < 1.29 is 18.0 Å². The van der Waals surface area contributed by atoms with Gasteiger partial charge in [-0.15, -0.1) is 5.10 Å². The number of benzene rings is 1. The van der Waals surface area contributed by atoms with E-state index < -0.39 is 9.84 Å². The number of rotatable bonds is 5. The van der Waals surface area contributed by atoms with Gasteiger partial charge in [0, 0.05) is 12.3 Å². The molecule has 0 spiro atoms. The molecule has 1 N–H and O–H groups in total. The van der Waals surface area contributed by atoms with Gasteiger partial charge in [-0.3, -0.25) is 4.79 Å². The third kappa shape index (κ3) is 4.28. The zero-order chi connectivity index (χ0) is 18.0. The van der Waals surface area contributed by atoms with Gasteiger partial charge in [-0.05, 0) is 55.0 Å². The van der Waals surface area contributed by atoms with Crippen LogP contribution >= 0.6 is 0 Å². The van der Waals surface area contributed by atoms with E-state index in [-0.39, 0.29) is 23.5 Å². The molecule has 1 saturated carbocycles. The van der Waals surface area contributed by atoms with Crippen LogP contribution in [0.1, 0.15) is 32.6 Å². The van der Waals surface area contributed by atoms with Gasteiger partial charge in [0.15, 0.2) is 16.4 Å². The number of sulfone groups is 1. The minimum atomic E-state index is -3.35. The first-order valence-corrected chi connectivity index (χ1v) is 10.2. The summed E-state index contributed by atoms with van der Waals surface area (Å²) in [6.07, 6.45) is 5.33. The molecule has 1 aromatic carbocycles. The summed E-state index contributed by atoms with van der Waals surface area (Å²) in [6.45, 7) is 2.02. The Labute approximate surface area is 146 Å². The summed E-state index contributed by atoms with van der Waals surface area (Å²) in [6, 6.07) is 4.65. The minimum Gasteiger partial charge on any atom is -0.385 e. The number of aromatic nitrogens is 3. The molecule has 0 radical (unpaired) electrons. The number of nitrogens with zero attached hydrogens (tertiary/aromatic N) is 3. The van der Waals surface area contributed by atoms with E-state index in [0.29, 0.717) is 11.0 Å². The van der Waals surface area contributed by atoms with E-state index in [1.807, 2.05) is 0 Å². The molecule has 0 saturated heterocycles. The standard InChI is InChI=1S/C16H22N4O4S/c1-11-3-5-12(6-4-11)17-16(21)10-24-20-15-9-13(25(2,22)23)7-8-14(15)18-19-20/h7-9,11-12H,3-6,10H2,1-2H3,(H,17,21). The average molecular weight is 366 g/mol. The number of carbonyl (C=O) groups excluding carboxylic acids is 1. The van der Waals surface area contributed by atoms with Crippen LogP contribution in [0.2, 0.25) is 0 Å². The van der Waals surface area contributed by atoms with Crippen LogP contribution in [0.15, 0.2) is 23.1 Å². The monoisotopic (exact) mass is 366 g/mol. The smallest absolute Gasteiger partial charge is 0.260 e. The molecule has 0 atom stereocenters. The molecule has 8 nitrogen and oxygen atoms in total. The zero-order valence-electron chi connectivity index (χ0n) is 14.3. The molecule has 1 heterocycles. The predicted molar refractivity (Wildman–Crippen MR) is 91.6 cm³/mol. The number of nitrogens with one attached hydrogen (secondary N) is 1. The molecule has 1 aliphatic carbocycles. The fourth-order valence-corrected chi connectivity index (χ4v) is 3.64. The molecule has 1 amide bonds. The van der Waals surface area contributed by atoms with Gasteiger partial charge >= 0.3 is 0 Å². The molecular weight excluding hydrogens is 344 g/mol. The summed E-state index contributed by atoms with van der Waals surface area (Å²) in [5, 5.41) is 10.7. The van der Waals surface area contributed by atoms with Crippen molar-refractivity contribution >= 4 is 26.8 Å². The fraction of sp³-hybridized carbons (Fsp3) is 0.562. The summed E-state index contributed by atoms with van der Waals surface area (Å²) in [5.41, 5.74) is 0.899. The Kier molecular flexibility index (Phi) is 4.94. The highest BCUT2D eigenvalue weighted by Gasteiger charge is 2.20. The van der Waals surface area contributed by atoms with Crippen molar-refractivity contribution in [3.8, 4) is 0 Å². The highest BCUT2D eigenvalue weighted by atomic mass is 32.2. The van der Waals surface area contributed by atoms with E-state index in [0.717, 1.165) is 42.7 Å². The van der Waals surface area contributed by atoms with Crippen LogP contribution in [0.4, 0.5) is 0 Å². The Morgan fingerprint density at radius 3 is 2.72 bits per heavy atom. The average Bonchev–Trinajstić information content (AvgIpc) is 2.96. The van der Waals surface area contributed by atoms with Gasteiger partial charge in [0.1, 0.15) is 11.0 Å². The van der Waals surface area contributed by atoms with E-state index in [1.165, 1.54) is 12.1 Å². The molecule has 3 rings (SSSR count). The fourth-order valence-electron chi connectivity index (χ4n) is 3.00. The first-order chi connectivity index (χ1) is 11.8. The summed E-state index contributed by atoms with van der Waals surface area (Å²) >= 11 is 0. The number of hydrogen-bond donors (Lipinski definition) is 1. The second-order valence-corrected chi connectivity index (χ2v) is 8.70. The third-order valence-electron chi connectivity index (χ3n) is 4.51. The van der Waals surface area contributed by atoms with Crippen LogP contribution < -0.4 is 10.2 Å². The normalized spacial score (nSPS) is 21.2. The lowest BCUT2D eigenvalue weighted by atomic mass is 9.87. The summed E-state index contributed by atoms with van der Waals surface area (Å²) in [5.74, 6) is 0.498. The first-order valence-electron chi connectivity index (χ1n) is 8.31. The van der Waals surface area contributed by atoms with Crippen molar-refractivity contribution in [3.05, 3.63) is 18.2 Å². The van der Waals surface area contributed by atoms with Crippen molar-refractivity contribution in [2.75, 3.05) is 12.9 Å². The van der Waals surface area contributed by atoms with Gasteiger partial charge in [-0.25, -0.2) is 8.42 Å². The van der Waals surface area contributed by atoms with E-state index in [2.05, 4.69) is 22.6 Å². The maximum atomic E-state index is 12.1. The second-order valence-electron chi connectivity index (χ2n) is 6.68. The molecule has 1 aromatic heterocycles. The van der Waals surface area contributed by atoms with Gasteiger partial charge in [0.05, 0.1) is 4.90 Å². The van der Waals surface area contributed by atoms with Crippen molar-refractivity contribution in [2.45, 2.75) is 43.5 Å². The van der Waals surface area contributed by atoms with Crippen LogP contribution in [0.5, 0.6) is 0 Å². The van der Waals surface area contributed by atoms with Crippen molar-refractivity contribution in [1.82, 2.24) is 20.5 Å². The summed E-state index contributed by atoms with van der Waals surface area (Å²) in [7, 11) is -3.35. The molecule has 1 fully saturated rings. The Morgan fingerprint density at radius 2 is 2.04 bits per heavy atom. The molecule has 2 aromatic rings. The largest absolute Gasteiger partial charge is 0.385 e. The second kappa shape index (κ2) is 6.99. The van der Waals surface area contributed by atoms with Crippen LogP contribution in [0.3, 0.4) is 0 Å². The van der Waals surface area contributed by atoms with Gasteiger partial charge in [-0.2, -0.15) is 0 Å². The first kappa shape index (κ1) is 17.7. The Balaban J connectivity index is 1.64. The maximum absolute atomic E-state index is 12.1. The predicted octanol–water partition coefficient (Wildman–Crippen LogP) is 0.958. The van der Waals surface area contributed by atoms with Gasteiger partial charge in [-0.1, -0.05) is 11.8 Å². The van der Waals surface area contributed by atoms with Crippen LogP contribution in [-0.2, 0) is 14.6 Å². The molecule has 0 aliphatic heterocycles. The number of hydrogen-bond acceptors (Lipinski definition) is 6. The molecule has 25 heavy (non-hydrogen) atoms. The summed E-state index contributed by atoms with van der Waals surface area (Å²) < 4.78 is 23.3. The molecule has 1 aliphatic rings. The van der Waals surface area contributed by atoms with Gasteiger partial charge < -0.3 is 10.2 Å². The van der Waals surface area contributed by atoms with E-state index >= 15 is 0 Å². The van der Waals surface area contributed by atoms with E-state index in [1.54, 1.807) is 6.07 Å². The maximum Gasteiger partial charge on any atom is 0.260 e. The molecule has 0 unspecified atom stereocenters. The number of carbonyl (C=O) groups is 1. The number of fused-ring (bicyclic) bond motifs is 1. The lowest BCUT2D eigenvalue weighted by Gasteiger charge is -2.26. The van der Waals surface area contributed by atoms with Crippen LogP contribution in [0, 0.1) is 5.92 Å². The van der Waals surface area contributed by atoms with Gasteiger partial charge in [0.2, 0.25) is 0 Å². The van der Waals surface area contributed by atoms with E-state index in [4.69, 9.17) is 4.84 Å². The minimum absolute atomic E-state index is 0.146. The Morgan fingerprint density at radius 1 is 1.32 bits per heavy atom. The van der Waals surface area contributed by atoms with Gasteiger partial charge in [0.25, 0.3) is 5.91 Å².